The molecule has 2 rings (SSSR count). The summed E-state index contributed by atoms with van der Waals surface area (Å²) in [6, 6.07) is 0.428. The van der Waals surface area contributed by atoms with Crippen LogP contribution in [0.15, 0.2) is 0 Å². The molecule has 0 amide bonds. The second kappa shape index (κ2) is 5.15. The maximum absolute atomic E-state index is 11.5. The average molecular weight is 263 g/mol. The van der Waals surface area contributed by atoms with Crippen molar-refractivity contribution in [1.29, 1.82) is 0 Å². The molecule has 0 radical (unpaired) electrons. The predicted octanol–water partition coefficient (Wildman–Crippen LogP) is 2.42. The molecular formula is C14H21N3O2. The summed E-state index contributed by atoms with van der Waals surface area (Å²) >= 11 is 0. The first-order valence-corrected chi connectivity index (χ1v) is 6.75. The molecule has 1 heterocycles. The number of anilines is 1. The van der Waals surface area contributed by atoms with E-state index in [1.165, 1.54) is 0 Å². The van der Waals surface area contributed by atoms with Gasteiger partial charge >= 0.3 is 5.97 Å². The molecule has 5 nitrogen and oxygen atoms in total. The van der Waals surface area contributed by atoms with Gasteiger partial charge in [0.05, 0.1) is 5.69 Å². The number of aromatic carboxylic acids is 1. The number of rotatable bonds is 5. The van der Waals surface area contributed by atoms with Crippen molar-refractivity contribution in [3.63, 3.8) is 0 Å². The van der Waals surface area contributed by atoms with Gasteiger partial charge in [0.2, 0.25) is 0 Å². The van der Waals surface area contributed by atoms with Gasteiger partial charge in [-0.3, -0.25) is 0 Å². The van der Waals surface area contributed by atoms with Gasteiger partial charge in [0.25, 0.3) is 0 Å². The Morgan fingerprint density at radius 3 is 2.47 bits per heavy atom. The summed E-state index contributed by atoms with van der Waals surface area (Å²) in [4.78, 5) is 13.7. The first-order chi connectivity index (χ1) is 8.91. The highest BCUT2D eigenvalue weighted by Gasteiger charge is 2.34. The van der Waals surface area contributed by atoms with Crippen molar-refractivity contribution in [3.8, 4) is 0 Å². The number of aryl methyl sites for hydroxylation is 1. The van der Waals surface area contributed by atoms with Crippen LogP contribution in [-0.2, 0) is 0 Å². The van der Waals surface area contributed by atoms with E-state index in [0.717, 1.165) is 19.4 Å². The number of nitrogens with zero attached hydrogens (tertiary/aromatic N) is 3. The normalized spacial score (nSPS) is 14.8. The summed E-state index contributed by atoms with van der Waals surface area (Å²) < 4.78 is 0. The number of carboxylic acids is 1. The van der Waals surface area contributed by atoms with E-state index >= 15 is 0 Å². The van der Waals surface area contributed by atoms with Gasteiger partial charge in [0, 0.05) is 12.6 Å². The van der Waals surface area contributed by atoms with E-state index < -0.39 is 5.97 Å². The van der Waals surface area contributed by atoms with Crippen LogP contribution in [0.25, 0.3) is 0 Å². The molecular weight excluding hydrogens is 242 g/mol. The van der Waals surface area contributed by atoms with Crippen molar-refractivity contribution in [2.45, 2.75) is 46.6 Å². The van der Waals surface area contributed by atoms with Gasteiger partial charge in [-0.15, -0.1) is 5.10 Å². The topological polar surface area (TPSA) is 66.3 Å². The minimum absolute atomic E-state index is 0.306. The molecule has 19 heavy (non-hydrogen) atoms. The predicted molar refractivity (Wildman–Crippen MR) is 73.7 cm³/mol. The van der Waals surface area contributed by atoms with E-state index in [1.54, 1.807) is 13.8 Å². The fraction of sp³-hybridized carbons (Fsp3) is 0.643. The molecule has 1 fully saturated rings. The zero-order chi connectivity index (χ0) is 14.2. The Morgan fingerprint density at radius 1 is 1.37 bits per heavy atom. The average Bonchev–Trinajstić information content (AvgIpc) is 3.12. The lowest BCUT2D eigenvalue weighted by Gasteiger charge is -2.27. The first-order valence-electron chi connectivity index (χ1n) is 6.75. The lowest BCUT2D eigenvalue weighted by molar-refractivity contribution is 0.0696. The third kappa shape index (κ3) is 2.85. The molecule has 0 atom stereocenters. The summed E-state index contributed by atoms with van der Waals surface area (Å²) in [5.41, 5.74) is 1.70. The summed E-state index contributed by atoms with van der Waals surface area (Å²) in [5.74, 6) is 0.0809. The monoisotopic (exact) mass is 263 g/mol. The highest BCUT2D eigenvalue weighted by molar-refractivity contribution is 5.95. The summed E-state index contributed by atoms with van der Waals surface area (Å²) in [5, 5.41) is 17.7. The van der Waals surface area contributed by atoms with Crippen LogP contribution in [0.3, 0.4) is 0 Å². The molecule has 0 aliphatic heterocycles. The van der Waals surface area contributed by atoms with Crippen molar-refractivity contribution in [1.82, 2.24) is 10.2 Å². The number of hydrogen-bond acceptors (Lipinski definition) is 4. The SMILES string of the molecule is Cc1nnc(N(CC(C)C)C2CC2)c(C(=O)O)c1C. The molecule has 0 bridgehead atoms. The Morgan fingerprint density at radius 2 is 2.00 bits per heavy atom. The lowest BCUT2D eigenvalue weighted by Crippen LogP contribution is -2.33. The molecule has 1 aromatic rings. The van der Waals surface area contributed by atoms with Gasteiger partial charge in [-0.05, 0) is 38.2 Å². The molecule has 104 valence electrons. The maximum Gasteiger partial charge on any atom is 0.339 e. The van der Waals surface area contributed by atoms with Gasteiger partial charge in [-0.25, -0.2) is 4.79 Å². The Kier molecular flexibility index (Phi) is 3.73. The molecule has 1 aliphatic rings. The minimum atomic E-state index is -0.917. The van der Waals surface area contributed by atoms with Crippen molar-refractivity contribution in [2.75, 3.05) is 11.4 Å². The molecule has 0 saturated heterocycles. The van der Waals surface area contributed by atoms with Crippen molar-refractivity contribution >= 4 is 11.8 Å². The Hall–Kier alpha value is -1.65. The summed E-state index contributed by atoms with van der Waals surface area (Å²) in [7, 11) is 0. The fourth-order valence-electron chi connectivity index (χ4n) is 2.24. The first kappa shape index (κ1) is 13.8. The number of hydrogen-bond donors (Lipinski definition) is 1. The zero-order valence-corrected chi connectivity index (χ0v) is 12.0. The Labute approximate surface area is 113 Å². The smallest absolute Gasteiger partial charge is 0.339 e. The molecule has 5 heteroatoms. The van der Waals surface area contributed by atoms with Gasteiger partial charge in [-0.2, -0.15) is 5.10 Å². The number of aromatic nitrogens is 2. The van der Waals surface area contributed by atoms with Crippen LogP contribution in [0.5, 0.6) is 0 Å². The molecule has 0 unspecified atom stereocenters. The quantitative estimate of drug-likeness (QED) is 0.883. The second-order valence-corrected chi connectivity index (χ2v) is 5.69. The third-order valence-corrected chi connectivity index (χ3v) is 3.47. The fourth-order valence-corrected chi connectivity index (χ4v) is 2.24. The molecule has 1 aromatic heterocycles. The number of carboxylic acid groups (broad SMARTS) is 1. The van der Waals surface area contributed by atoms with Crippen LogP contribution in [0.1, 0.15) is 48.3 Å². The van der Waals surface area contributed by atoms with Crippen LogP contribution in [0.2, 0.25) is 0 Å². The van der Waals surface area contributed by atoms with Crippen LogP contribution in [0.4, 0.5) is 5.82 Å². The highest BCUT2D eigenvalue weighted by Crippen LogP contribution is 2.34. The van der Waals surface area contributed by atoms with Crippen LogP contribution in [0, 0.1) is 19.8 Å². The van der Waals surface area contributed by atoms with E-state index in [-0.39, 0.29) is 0 Å². The summed E-state index contributed by atoms with van der Waals surface area (Å²) in [6.45, 7) is 8.68. The van der Waals surface area contributed by atoms with Crippen LogP contribution in [-0.4, -0.2) is 33.9 Å². The Bertz CT molecular complexity index is 496. The highest BCUT2D eigenvalue weighted by atomic mass is 16.4. The van der Waals surface area contributed by atoms with Gasteiger partial charge in [-0.1, -0.05) is 13.8 Å². The van der Waals surface area contributed by atoms with Crippen molar-refractivity contribution in [2.24, 2.45) is 5.92 Å². The van der Waals surface area contributed by atoms with Crippen molar-refractivity contribution in [3.05, 3.63) is 16.8 Å². The van der Waals surface area contributed by atoms with Crippen LogP contribution >= 0.6 is 0 Å². The standard InChI is InChI=1S/C14H21N3O2/c1-8(2)7-17(11-5-6-11)13-12(14(18)19)9(3)10(4)15-16-13/h8,11H,5-7H2,1-4H3,(H,18,19). The number of carbonyl (C=O) groups is 1. The van der Waals surface area contributed by atoms with E-state index in [4.69, 9.17) is 0 Å². The minimum Gasteiger partial charge on any atom is -0.478 e. The molecule has 1 saturated carbocycles. The van der Waals surface area contributed by atoms with E-state index in [0.29, 0.717) is 34.6 Å². The van der Waals surface area contributed by atoms with Gasteiger partial charge < -0.3 is 10.0 Å². The zero-order valence-electron chi connectivity index (χ0n) is 12.0. The Balaban J connectivity index is 2.47. The van der Waals surface area contributed by atoms with E-state index in [1.807, 2.05) is 0 Å². The van der Waals surface area contributed by atoms with Crippen molar-refractivity contribution < 1.29 is 9.90 Å². The third-order valence-electron chi connectivity index (χ3n) is 3.47. The van der Waals surface area contributed by atoms with E-state index in [2.05, 4.69) is 28.9 Å². The lowest BCUT2D eigenvalue weighted by atomic mass is 10.1. The van der Waals surface area contributed by atoms with Gasteiger partial charge in [0.15, 0.2) is 5.82 Å². The largest absolute Gasteiger partial charge is 0.478 e. The van der Waals surface area contributed by atoms with Crippen LogP contribution < -0.4 is 4.90 Å². The van der Waals surface area contributed by atoms with E-state index in [9.17, 15) is 9.90 Å². The molecule has 1 N–H and O–H groups in total. The summed E-state index contributed by atoms with van der Waals surface area (Å²) in [6.07, 6.45) is 2.22. The maximum atomic E-state index is 11.5. The molecule has 0 spiro atoms. The van der Waals surface area contributed by atoms with Gasteiger partial charge in [0.1, 0.15) is 5.56 Å². The second-order valence-electron chi connectivity index (χ2n) is 5.69. The molecule has 0 aromatic carbocycles. The molecule has 1 aliphatic carbocycles.